The van der Waals surface area contributed by atoms with Crippen LogP contribution in [0.25, 0.3) is 0 Å². The summed E-state index contributed by atoms with van der Waals surface area (Å²) < 4.78 is 19.3. The summed E-state index contributed by atoms with van der Waals surface area (Å²) in [6.07, 6.45) is -4.31. The number of rotatable bonds is 2. The van der Waals surface area contributed by atoms with Crippen LogP contribution in [-0.4, -0.2) is 49.5 Å². The fourth-order valence-corrected chi connectivity index (χ4v) is 1.76. The van der Waals surface area contributed by atoms with Crippen molar-refractivity contribution in [1.82, 2.24) is 9.55 Å². The van der Waals surface area contributed by atoms with Crippen molar-refractivity contribution in [2.45, 2.75) is 24.3 Å². The van der Waals surface area contributed by atoms with Crippen molar-refractivity contribution in [1.29, 1.82) is 0 Å². The third kappa shape index (κ3) is 1.86. The first-order chi connectivity index (χ1) is 8.37. The molecule has 0 aliphatic carbocycles. The number of aliphatic hydroxyl groups excluding tert-OH is 2. The molecule has 0 radical (unpaired) electrons. The lowest BCUT2D eigenvalue weighted by Crippen LogP contribution is -2.45. The van der Waals surface area contributed by atoms with Gasteiger partial charge in [-0.2, -0.15) is 0 Å². The number of aromatic nitrogens is 2. The number of halogens is 1. The lowest BCUT2D eigenvalue weighted by molar-refractivity contribution is -0.197. The van der Waals surface area contributed by atoms with Crippen molar-refractivity contribution in [3.8, 4) is 0 Å². The molecule has 9 heteroatoms. The number of nitrogens with zero attached hydrogens (tertiary/aromatic N) is 1. The van der Waals surface area contributed by atoms with E-state index in [1.54, 1.807) is 0 Å². The van der Waals surface area contributed by atoms with Crippen LogP contribution in [0.4, 0.5) is 4.39 Å². The minimum atomic E-state index is -3.25. The Labute approximate surface area is 98.9 Å². The van der Waals surface area contributed by atoms with Gasteiger partial charge in [-0.1, -0.05) is 0 Å². The number of H-pyrrole nitrogens is 1. The van der Waals surface area contributed by atoms with Crippen molar-refractivity contribution in [2.75, 3.05) is 6.61 Å². The maximum Gasteiger partial charge on any atom is 0.330 e. The van der Waals surface area contributed by atoms with Gasteiger partial charge in [0.15, 0.2) is 6.23 Å². The molecule has 4 atom stereocenters. The second-order valence-electron chi connectivity index (χ2n) is 3.90. The van der Waals surface area contributed by atoms with Gasteiger partial charge in [-0.3, -0.25) is 14.3 Å². The van der Waals surface area contributed by atoms with Crippen LogP contribution in [0.2, 0.25) is 0 Å². The summed E-state index contributed by atoms with van der Waals surface area (Å²) in [6.45, 7) is -0.734. The van der Waals surface area contributed by atoms with E-state index in [9.17, 15) is 24.2 Å². The molecule has 0 aromatic carbocycles. The van der Waals surface area contributed by atoms with Crippen LogP contribution in [0, 0.1) is 0 Å². The number of aliphatic hydroxyl groups is 3. The molecular formula is C9H11FN2O6. The van der Waals surface area contributed by atoms with Gasteiger partial charge in [0, 0.05) is 12.3 Å². The fourth-order valence-electron chi connectivity index (χ4n) is 1.76. The van der Waals surface area contributed by atoms with Gasteiger partial charge in [0.1, 0.15) is 12.2 Å². The third-order valence-electron chi connectivity index (χ3n) is 2.70. The predicted molar refractivity (Wildman–Crippen MR) is 54.4 cm³/mol. The second kappa shape index (κ2) is 4.28. The molecule has 1 aliphatic heterocycles. The fraction of sp³-hybridized carbons (Fsp3) is 0.556. The highest BCUT2D eigenvalue weighted by molar-refractivity contribution is 4.97. The van der Waals surface area contributed by atoms with Crippen molar-refractivity contribution < 1.29 is 24.4 Å². The maximum atomic E-state index is 13.9. The zero-order valence-electron chi connectivity index (χ0n) is 8.99. The van der Waals surface area contributed by atoms with Crippen LogP contribution < -0.4 is 11.2 Å². The molecule has 1 aromatic rings. The highest BCUT2D eigenvalue weighted by atomic mass is 19.2. The Morgan fingerprint density at radius 1 is 1.56 bits per heavy atom. The van der Waals surface area contributed by atoms with Crippen LogP contribution in [0.5, 0.6) is 0 Å². The van der Waals surface area contributed by atoms with Crippen molar-refractivity contribution in [2.24, 2.45) is 0 Å². The van der Waals surface area contributed by atoms with Gasteiger partial charge in [-0.05, 0) is 0 Å². The minimum Gasteiger partial charge on any atom is -0.394 e. The van der Waals surface area contributed by atoms with Crippen molar-refractivity contribution in [3.63, 3.8) is 0 Å². The first-order valence-corrected chi connectivity index (χ1v) is 5.05. The Balaban J connectivity index is 2.45. The third-order valence-corrected chi connectivity index (χ3v) is 2.70. The van der Waals surface area contributed by atoms with E-state index < -0.39 is 42.1 Å². The highest BCUT2D eigenvalue weighted by Crippen LogP contribution is 2.38. The van der Waals surface area contributed by atoms with E-state index in [0.717, 1.165) is 12.3 Å². The summed E-state index contributed by atoms with van der Waals surface area (Å²) >= 11 is 0. The SMILES string of the molecule is O=c1ccn(C2OC(CO)C(O)C2(O)F)c(=O)[nH]1. The summed E-state index contributed by atoms with van der Waals surface area (Å²) in [6, 6.07) is 0.930. The molecule has 4 unspecified atom stereocenters. The van der Waals surface area contributed by atoms with Gasteiger partial charge in [0.2, 0.25) is 0 Å². The molecule has 1 fully saturated rings. The van der Waals surface area contributed by atoms with E-state index in [0.29, 0.717) is 4.57 Å². The molecular weight excluding hydrogens is 251 g/mol. The van der Waals surface area contributed by atoms with Crippen molar-refractivity contribution in [3.05, 3.63) is 33.1 Å². The molecule has 2 heterocycles. The van der Waals surface area contributed by atoms with Gasteiger partial charge in [-0.15, -0.1) is 0 Å². The molecule has 1 aliphatic rings. The van der Waals surface area contributed by atoms with Gasteiger partial charge >= 0.3 is 5.69 Å². The van der Waals surface area contributed by atoms with E-state index in [1.165, 1.54) is 0 Å². The molecule has 0 amide bonds. The summed E-state index contributed by atoms with van der Waals surface area (Å²) in [5.41, 5.74) is -1.70. The lowest BCUT2D eigenvalue weighted by Gasteiger charge is -2.23. The summed E-state index contributed by atoms with van der Waals surface area (Å²) in [4.78, 5) is 24.1. The summed E-state index contributed by atoms with van der Waals surface area (Å²) in [5.74, 6) is -3.25. The number of ether oxygens (including phenoxy) is 1. The Morgan fingerprint density at radius 3 is 2.72 bits per heavy atom. The van der Waals surface area contributed by atoms with Crippen molar-refractivity contribution >= 4 is 0 Å². The average Bonchev–Trinajstić information content (AvgIpc) is 2.52. The van der Waals surface area contributed by atoms with E-state index in [4.69, 9.17) is 9.84 Å². The first-order valence-electron chi connectivity index (χ1n) is 5.05. The second-order valence-corrected chi connectivity index (χ2v) is 3.90. The Kier molecular flexibility index (Phi) is 3.07. The Bertz CT molecular complexity index is 552. The van der Waals surface area contributed by atoms with E-state index in [-0.39, 0.29) is 0 Å². The highest BCUT2D eigenvalue weighted by Gasteiger charge is 2.57. The quantitative estimate of drug-likeness (QED) is 0.465. The van der Waals surface area contributed by atoms with E-state index in [2.05, 4.69) is 0 Å². The van der Waals surface area contributed by atoms with Gasteiger partial charge < -0.3 is 20.1 Å². The zero-order valence-corrected chi connectivity index (χ0v) is 8.99. The number of nitrogens with one attached hydrogen (secondary N) is 1. The Morgan fingerprint density at radius 2 is 2.22 bits per heavy atom. The number of aromatic amines is 1. The molecule has 1 saturated heterocycles. The van der Waals surface area contributed by atoms with Gasteiger partial charge in [0.05, 0.1) is 6.61 Å². The van der Waals surface area contributed by atoms with Crippen LogP contribution in [0.1, 0.15) is 6.23 Å². The molecule has 2 rings (SSSR count). The van der Waals surface area contributed by atoms with E-state index >= 15 is 0 Å². The lowest BCUT2D eigenvalue weighted by atomic mass is 10.1. The monoisotopic (exact) mass is 262 g/mol. The molecule has 8 nitrogen and oxygen atoms in total. The molecule has 1 aromatic heterocycles. The molecule has 0 saturated carbocycles. The predicted octanol–water partition coefficient (Wildman–Crippen LogP) is -2.55. The van der Waals surface area contributed by atoms with Crippen LogP contribution in [-0.2, 0) is 4.74 Å². The Hall–Kier alpha value is -1.55. The average molecular weight is 262 g/mol. The number of hydrogen-bond acceptors (Lipinski definition) is 6. The largest absolute Gasteiger partial charge is 0.394 e. The molecule has 0 bridgehead atoms. The normalized spacial score (nSPS) is 35.9. The molecule has 18 heavy (non-hydrogen) atoms. The molecule has 4 N–H and O–H groups in total. The van der Waals surface area contributed by atoms with E-state index in [1.807, 2.05) is 4.98 Å². The standard InChI is InChI=1S/C9H11FN2O6/c10-9(17)6(15)4(3-13)18-7(9)12-2-1-5(14)11-8(12)16/h1-2,4,6-7,13,15,17H,3H2,(H,11,14,16). The van der Waals surface area contributed by atoms with Crippen LogP contribution >= 0.6 is 0 Å². The number of alkyl halides is 1. The van der Waals surface area contributed by atoms with Gasteiger partial charge in [-0.25, -0.2) is 9.18 Å². The van der Waals surface area contributed by atoms with Crippen LogP contribution in [0.15, 0.2) is 21.9 Å². The summed E-state index contributed by atoms with van der Waals surface area (Å²) in [5, 5.41) is 27.7. The molecule has 0 spiro atoms. The first kappa shape index (κ1) is 12.9. The summed E-state index contributed by atoms with van der Waals surface area (Å²) in [7, 11) is 0. The maximum absolute atomic E-state index is 13.9. The van der Waals surface area contributed by atoms with Gasteiger partial charge in [0.25, 0.3) is 11.4 Å². The minimum absolute atomic E-state index is 0.584. The van der Waals surface area contributed by atoms with Crippen LogP contribution in [0.3, 0.4) is 0 Å². The zero-order chi connectivity index (χ0) is 13.5. The molecule has 100 valence electrons. The smallest absolute Gasteiger partial charge is 0.330 e. The topological polar surface area (TPSA) is 125 Å². The number of hydrogen-bond donors (Lipinski definition) is 4.